The number of hydrogen-bond acceptors (Lipinski definition) is 5. The van der Waals surface area contributed by atoms with Gasteiger partial charge in [-0.25, -0.2) is 8.42 Å². The van der Waals surface area contributed by atoms with Crippen molar-refractivity contribution in [2.45, 2.75) is 42.4 Å². The molecule has 1 amide bonds. The third kappa shape index (κ3) is 4.94. The number of hydrogen-bond donors (Lipinski definition) is 1. The molecule has 1 N–H and O–H groups in total. The zero-order valence-electron chi connectivity index (χ0n) is 20.2. The molecule has 0 spiro atoms. The number of nitrogens with one attached hydrogen (secondary N) is 1. The quantitative estimate of drug-likeness (QED) is 0.629. The number of piperazine rings is 1. The monoisotopic (exact) mass is 516 g/mol. The van der Waals surface area contributed by atoms with Crippen LogP contribution >= 0.6 is 11.6 Å². The van der Waals surface area contributed by atoms with E-state index in [0.29, 0.717) is 23.8 Å². The van der Waals surface area contributed by atoms with E-state index in [1.54, 1.807) is 16.4 Å². The van der Waals surface area contributed by atoms with E-state index < -0.39 is 15.4 Å². The van der Waals surface area contributed by atoms with Gasteiger partial charge >= 0.3 is 0 Å². The molecule has 0 aromatic heterocycles. The van der Waals surface area contributed by atoms with E-state index >= 15 is 0 Å². The Balaban J connectivity index is 1.47. The molecule has 5 rings (SSSR count). The number of piperidine rings is 1. The van der Waals surface area contributed by atoms with Gasteiger partial charge < -0.3 is 15.1 Å². The van der Waals surface area contributed by atoms with Gasteiger partial charge in [0.1, 0.15) is 0 Å². The highest BCUT2D eigenvalue weighted by atomic mass is 35.5. The fourth-order valence-corrected chi connectivity index (χ4v) is 6.81. The molecule has 3 fully saturated rings. The Morgan fingerprint density at radius 1 is 0.914 bits per heavy atom. The maximum Gasteiger partial charge on any atom is 0.243 e. The van der Waals surface area contributed by atoms with E-state index in [0.717, 1.165) is 69.5 Å². The van der Waals surface area contributed by atoms with Gasteiger partial charge in [0.2, 0.25) is 15.9 Å². The summed E-state index contributed by atoms with van der Waals surface area (Å²) in [5, 5.41) is 3.78. The standard InChI is InChI=1S/C26H33ClN4O3S/c1-29-15-17-30(18-16-29)24-10-9-22(35(33,34)31-13-3-2-4-14-31)19-23(24)28-25(32)26(11-12-26)20-5-7-21(27)8-6-20/h5-10,19H,2-4,11-18H2,1H3,(H,28,32). The van der Waals surface area contributed by atoms with Crippen LogP contribution in [0, 0.1) is 0 Å². The van der Waals surface area contributed by atoms with Crippen LogP contribution in [0.3, 0.4) is 0 Å². The van der Waals surface area contributed by atoms with Crippen molar-refractivity contribution in [1.82, 2.24) is 9.21 Å². The summed E-state index contributed by atoms with van der Waals surface area (Å²) in [5.41, 5.74) is 1.79. The molecule has 1 aliphatic carbocycles. The molecule has 9 heteroatoms. The molecule has 7 nitrogen and oxygen atoms in total. The van der Waals surface area contributed by atoms with Crippen molar-refractivity contribution >= 4 is 38.9 Å². The second-order valence-corrected chi connectivity index (χ2v) is 12.4. The number of amides is 1. The molecule has 188 valence electrons. The zero-order chi connectivity index (χ0) is 24.6. The van der Waals surface area contributed by atoms with Crippen LogP contribution < -0.4 is 10.2 Å². The Bertz CT molecular complexity index is 1180. The van der Waals surface area contributed by atoms with Crippen molar-refractivity contribution in [1.29, 1.82) is 0 Å². The molecular weight excluding hydrogens is 484 g/mol. The Morgan fingerprint density at radius 2 is 1.57 bits per heavy atom. The van der Waals surface area contributed by atoms with Gasteiger partial charge in [-0.15, -0.1) is 0 Å². The summed E-state index contributed by atoms with van der Waals surface area (Å²) in [5.74, 6) is -0.0947. The predicted octanol–water partition coefficient (Wildman–Crippen LogP) is 3.94. The Morgan fingerprint density at radius 3 is 2.20 bits per heavy atom. The van der Waals surface area contributed by atoms with Gasteiger partial charge in [-0.1, -0.05) is 30.2 Å². The minimum atomic E-state index is -3.61. The first-order valence-electron chi connectivity index (χ1n) is 12.4. The Hall–Kier alpha value is -2.13. The molecule has 2 saturated heterocycles. The average molecular weight is 517 g/mol. The van der Waals surface area contributed by atoms with Crippen molar-refractivity contribution < 1.29 is 13.2 Å². The SMILES string of the molecule is CN1CCN(c2ccc(S(=O)(=O)N3CCCCC3)cc2NC(=O)C2(c3ccc(Cl)cc3)CC2)CC1. The van der Waals surface area contributed by atoms with E-state index in [-0.39, 0.29) is 10.8 Å². The minimum Gasteiger partial charge on any atom is -0.367 e. The van der Waals surface area contributed by atoms with Crippen molar-refractivity contribution in [3.05, 3.63) is 53.1 Å². The lowest BCUT2D eigenvalue weighted by Crippen LogP contribution is -2.45. The normalized spacial score (nSPS) is 21.0. The van der Waals surface area contributed by atoms with Crippen molar-refractivity contribution in [3.63, 3.8) is 0 Å². The van der Waals surface area contributed by atoms with E-state index in [1.807, 2.05) is 30.3 Å². The van der Waals surface area contributed by atoms with Crippen LogP contribution in [0.25, 0.3) is 0 Å². The summed E-state index contributed by atoms with van der Waals surface area (Å²) in [4.78, 5) is 18.3. The van der Waals surface area contributed by atoms with Gasteiger partial charge in [0.05, 0.1) is 21.7 Å². The molecule has 2 aromatic rings. The smallest absolute Gasteiger partial charge is 0.243 e. The third-order valence-electron chi connectivity index (χ3n) is 7.59. The van der Waals surface area contributed by atoms with E-state index in [1.165, 1.54) is 0 Å². The number of rotatable bonds is 6. The fraction of sp³-hybridized carbons (Fsp3) is 0.500. The van der Waals surface area contributed by atoms with Gasteiger partial charge in [-0.2, -0.15) is 4.31 Å². The van der Waals surface area contributed by atoms with Gasteiger partial charge in [0.15, 0.2) is 0 Å². The van der Waals surface area contributed by atoms with Crippen molar-refractivity contribution in [3.8, 4) is 0 Å². The van der Waals surface area contributed by atoms with Crippen LogP contribution in [0.5, 0.6) is 0 Å². The molecule has 2 aliphatic heterocycles. The fourth-order valence-electron chi connectivity index (χ4n) is 5.14. The number of anilines is 2. The van der Waals surface area contributed by atoms with E-state index in [2.05, 4.69) is 22.2 Å². The van der Waals surface area contributed by atoms with Crippen LogP contribution in [0.2, 0.25) is 5.02 Å². The molecule has 0 atom stereocenters. The van der Waals surface area contributed by atoms with E-state index in [9.17, 15) is 13.2 Å². The number of sulfonamides is 1. The Kier molecular flexibility index (Phi) is 6.83. The molecule has 0 unspecified atom stereocenters. The minimum absolute atomic E-state index is 0.0947. The van der Waals surface area contributed by atoms with Gasteiger partial charge in [0.25, 0.3) is 0 Å². The molecule has 1 saturated carbocycles. The number of benzene rings is 2. The Labute approximate surface area is 213 Å². The molecular formula is C26H33ClN4O3S. The van der Waals surface area contributed by atoms with Crippen molar-refractivity contribution in [2.24, 2.45) is 0 Å². The second kappa shape index (κ2) is 9.73. The molecule has 2 aromatic carbocycles. The molecule has 2 heterocycles. The van der Waals surface area contributed by atoms with Crippen molar-refractivity contribution in [2.75, 3.05) is 56.5 Å². The number of likely N-dealkylation sites (N-methyl/N-ethyl adjacent to an activating group) is 1. The highest BCUT2D eigenvalue weighted by molar-refractivity contribution is 7.89. The summed E-state index contributed by atoms with van der Waals surface area (Å²) in [6, 6.07) is 12.7. The second-order valence-electron chi connectivity index (χ2n) is 9.98. The largest absolute Gasteiger partial charge is 0.367 e. The summed E-state index contributed by atoms with van der Waals surface area (Å²) < 4.78 is 28.4. The summed E-state index contributed by atoms with van der Waals surface area (Å²) in [6.07, 6.45) is 4.34. The van der Waals surface area contributed by atoms with Gasteiger partial charge in [0, 0.05) is 44.3 Å². The van der Waals surface area contributed by atoms with Crippen LogP contribution in [0.15, 0.2) is 47.4 Å². The highest BCUT2D eigenvalue weighted by Gasteiger charge is 2.51. The third-order valence-corrected chi connectivity index (χ3v) is 9.74. The first-order chi connectivity index (χ1) is 16.8. The number of carbonyl (C=O) groups excluding carboxylic acids is 1. The predicted molar refractivity (Wildman–Crippen MR) is 140 cm³/mol. The van der Waals surface area contributed by atoms with Gasteiger partial charge in [-0.05, 0) is 68.6 Å². The van der Waals surface area contributed by atoms with Crippen LogP contribution in [-0.4, -0.2) is 69.8 Å². The molecule has 0 radical (unpaired) electrons. The van der Waals surface area contributed by atoms with Gasteiger partial charge in [-0.3, -0.25) is 4.79 Å². The van der Waals surface area contributed by atoms with Crippen LogP contribution in [0.1, 0.15) is 37.7 Å². The lowest BCUT2D eigenvalue weighted by Gasteiger charge is -2.35. The van der Waals surface area contributed by atoms with Crippen LogP contribution in [-0.2, 0) is 20.2 Å². The lowest BCUT2D eigenvalue weighted by atomic mass is 9.95. The first-order valence-corrected chi connectivity index (χ1v) is 14.3. The molecule has 35 heavy (non-hydrogen) atoms. The maximum absolute atomic E-state index is 13.6. The zero-order valence-corrected chi connectivity index (χ0v) is 21.7. The highest BCUT2D eigenvalue weighted by Crippen LogP contribution is 2.49. The maximum atomic E-state index is 13.6. The molecule has 0 bridgehead atoms. The number of nitrogens with zero attached hydrogens (tertiary/aromatic N) is 3. The first kappa shape index (κ1) is 24.6. The number of halogens is 1. The average Bonchev–Trinajstić information content (AvgIpc) is 3.68. The topological polar surface area (TPSA) is 73.0 Å². The van der Waals surface area contributed by atoms with Crippen LogP contribution in [0.4, 0.5) is 11.4 Å². The molecule has 3 aliphatic rings. The summed E-state index contributed by atoms with van der Waals surface area (Å²) in [7, 11) is -1.52. The number of carbonyl (C=O) groups is 1. The van der Waals surface area contributed by atoms with E-state index in [4.69, 9.17) is 11.6 Å². The summed E-state index contributed by atoms with van der Waals surface area (Å²) in [6.45, 7) is 4.56. The summed E-state index contributed by atoms with van der Waals surface area (Å²) >= 11 is 6.06. The lowest BCUT2D eigenvalue weighted by molar-refractivity contribution is -0.118.